The number of anilines is 1. The van der Waals surface area contributed by atoms with Gasteiger partial charge in [-0.1, -0.05) is 30.3 Å². The second-order valence-electron chi connectivity index (χ2n) is 7.79. The van der Waals surface area contributed by atoms with Crippen molar-refractivity contribution in [1.29, 1.82) is 0 Å². The average Bonchev–Trinajstić information content (AvgIpc) is 3.03. The Balaban J connectivity index is 1.51. The van der Waals surface area contributed by atoms with Crippen LogP contribution < -0.4 is 20.3 Å². The molecule has 0 aromatic heterocycles. The summed E-state index contributed by atoms with van der Waals surface area (Å²) in [6.07, 6.45) is 0.748. The van der Waals surface area contributed by atoms with Gasteiger partial charge in [0.2, 0.25) is 5.91 Å². The van der Waals surface area contributed by atoms with Crippen molar-refractivity contribution >= 4 is 23.5 Å². The van der Waals surface area contributed by atoms with E-state index in [0.717, 1.165) is 30.1 Å². The smallest absolute Gasteiger partial charge is 0.325 e. The number of nitrogens with one attached hydrogen (secondary N) is 2. The van der Waals surface area contributed by atoms with Gasteiger partial charge in [0, 0.05) is 25.3 Å². The molecule has 0 bridgehead atoms. The first-order chi connectivity index (χ1) is 15.4. The van der Waals surface area contributed by atoms with Crippen LogP contribution in [0.4, 0.5) is 10.5 Å². The molecular weight excluding hydrogens is 408 g/mol. The molecule has 1 atom stereocenters. The van der Waals surface area contributed by atoms with Crippen LogP contribution in [-0.4, -0.2) is 56.0 Å². The normalized spacial score (nSPS) is 17.8. The van der Waals surface area contributed by atoms with E-state index >= 15 is 0 Å². The highest BCUT2D eigenvalue weighted by Gasteiger charge is 2.49. The molecule has 1 unspecified atom stereocenters. The highest BCUT2D eigenvalue weighted by atomic mass is 16.5. The molecule has 1 aliphatic heterocycles. The van der Waals surface area contributed by atoms with E-state index in [0.29, 0.717) is 17.9 Å². The fourth-order valence-corrected chi connectivity index (χ4v) is 3.77. The molecule has 3 rings (SSSR count). The third-order valence-electron chi connectivity index (χ3n) is 5.67. The molecule has 1 aliphatic rings. The molecule has 0 spiro atoms. The third kappa shape index (κ3) is 5.01. The van der Waals surface area contributed by atoms with Crippen LogP contribution in [0.1, 0.15) is 25.8 Å². The maximum absolute atomic E-state index is 13.0. The maximum Gasteiger partial charge on any atom is 0.325 e. The zero-order chi connectivity index (χ0) is 23.1. The molecule has 2 aromatic rings. The quantitative estimate of drug-likeness (QED) is 0.439. The Morgan fingerprint density at radius 3 is 2.44 bits per heavy atom. The van der Waals surface area contributed by atoms with Gasteiger partial charge in [-0.15, -0.1) is 0 Å². The van der Waals surface area contributed by atoms with E-state index in [1.165, 1.54) is 0 Å². The predicted octanol–water partition coefficient (Wildman–Crippen LogP) is 2.50. The van der Waals surface area contributed by atoms with Crippen molar-refractivity contribution in [3.8, 4) is 5.75 Å². The minimum Gasteiger partial charge on any atom is -0.497 e. The second kappa shape index (κ2) is 10.2. The number of amides is 4. The monoisotopic (exact) mass is 438 g/mol. The van der Waals surface area contributed by atoms with Crippen molar-refractivity contribution in [2.24, 2.45) is 0 Å². The summed E-state index contributed by atoms with van der Waals surface area (Å²) in [5.41, 5.74) is 0.541. The SMILES string of the molecule is CCN(CCCNC(=O)CN1C(=O)NC(C)(c2ccc(OC)cc2)C1=O)c1ccccc1. The average molecular weight is 439 g/mol. The van der Waals surface area contributed by atoms with Gasteiger partial charge in [-0.2, -0.15) is 0 Å². The first-order valence-electron chi connectivity index (χ1n) is 10.7. The summed E-state index contributed by atoms with van der Waals surface area (Å²) in [6, 6.07) is 16.4. The van der Waals surface area contributed by atoms with Gasteiger partial charge in [-0.25, -0.2) is 4.79 Å². The summed E-state index contributed by atoms with van der Waals surface area (Å²) in [4.78, 5) is 41.0. The van der Waals surface area contributed by atoms with Crippen molar-refractivity contribution in [2.45, 2.75) is 25.8 Å². The minimum atomic E-state index is -1.22. The van der Waals surface area contributed by atoms with Crippen molar-refractivity contribution in [3.63, 3.8) is 0 Å². The molecule has 1 heterocycles. The number of imide groups is 1. The van der Waals surface area contributed by atoms with Gasteiger partial charge in [-0.05, 0) is 50.1 Å². The number of methoxy groups -OCH3 is 1. The van der Waals surface area contributed by atoms with Crippen molar-refractivity contribution in [1.82, 2.24) is 15.5 Å². The zero-order valence-electron chi connectivity index (χ0n) is 18.8. The van der Waals surface area contributed by atoms with Crippen LogP contribution in [0.3, 0.4) is 0 Å². The van der Waals surface area contributed by atoms with Gasteiger partial charge in [0.05, 0.1) is 7.11 Å². The Morgan fingerprint density at radius 2 is 1.81 bits per heavy atom. The van der Waals surface area contributed by atoms with E-state index in [2.05, 4.69) is 34.6 Å². The van der Waals surface area contributed by atoms with E-state index in [9.17, 15) is 14.4 Å². The first-order valence-corrected chi connectivity index (χ1v) is 10.7. The summed E-state index contributed by atoms with van der Waals surface area (Å²) in [6.45, 7) is 5.52. The Hall–Kier alpha value is -3.55. The number of ether oxygens (including phenoxy) is 1. The van der Waals surface area contributed by atoms with Crippen LogP contribution >= 0.6 is 0 Å². The maximum atomic E-state index is 13.0. The molecule has 170 valence electrons. The van der Waals surface area contributed by atoms with E-state index in [-0.39, 0.29) is 12.5 Å². The largest absolute Gasteiger partial charge is 0.497 e. The standard InChI is InChI=1S/C24H30N4O4/c1-4-27(19-9-6-5-7-10-19)16-8-15-25-21(29)17-28-22(30)24(2,26-23(28)31)18-11-13-20(32-3)14-12-18/h5-7,9-14H,4,8,15-17H2,1-3H3,(H,25,29)(H,26,31). The molecule has 0 radical (unpaired) electrons. The Labute approximate surface area is 188 Å². The van der Waals surface area contributed by atoms with Gasteiger partial charge >= 0.3 is 6.03 Å². The Kier molecular flexibility index (Phi) is 7.35. The van der Waals surface area contributed by atoms with E-state index < -0.39 is 17.5 Å². The third-order valence-corrected chi connectivity index (χ3v) is 5.67. The summed E-state index contributed by atoms with van der Waals surface area (Å²) in [5, 5.41) is 5.51. The van der Waals surface area contributed by atoms with E-state index in [1.54, 1.807) is 38.3 Å². The number of rotatable bonds is 10. The van der Waals surface area contributed by atoms with Crippen LogP contribution in [0.5, 0.6) is 5.75 Å². The van der Waals surface area contributed by atoms with Crippen LogP contribution in [0.2, 0.25) is 0 Å². The highest BCUT2D eigenvalue weighted by molar-refractivity contribution is 6.09. The van der Waals surface area contributed by atoms with Gasteiger partial charge < -0.3 is 20.3 Å². The lowest BCUT2D eigenvalue weighted by molar-refractivity contribution is -0.134. The molecule has 8 nitrogen and oxygen atoms in total. The number of hydrogen-bond acceptors (Lipinski definition) is 5. The number of nitrogens with zero attached hydrogens (tertiary/aromatic N) is 2. The molecule has 2 aromatic carbocycles. The topological polar surface area (TPSA) is 91.0 Å². The number of benzene rings is 2. The molecule has 8 heteroatoms. The van der Waals surface area contributed by atoms with Crippen molar-refractivity contribution in [2.75, 3.05) is 38.2 Å². The van der Waals surface area contributed by atoms with Crippen LogP contribution in [0.25, 0.3) is 0 Å². The lowest BCUT2D eigenvalue weighted by Gasteiger charge is -2.23. The molecule has 1 saturated heterocycles. The zero-order valence-corrected chi connectivity index (χ0v) is 18.8. The fraction of sp³-hybridized carbons (Fsp3) is 0.375. The lowest BCUT2D eigenvalue weighted by Crippen LogP contribution is -2.43. The number of carbonyl (C=O) groups excluding carboxylic acids is 3. The number of urea groups is 1. The van der Waals surface area contributed by atoms with Crippen LogP contribution in [-0.2, 0) is 15.1 Å². The van der Waals surface area contributed by atoms with Gasteiger partial charge in [0.25, 0.3) is 5.91 Å². The second-order valence-corrected chi connectivity index (χ2v) is 7.79. The summed E-state index contributed by atoms with van der Waals surface area (Å²) in [7, 11) is 1.56. The van der Waals surface area contributed by atoms with Crippen molar-refractivity contribution in [3.05, 3.63) is 60.2 Å². The highest BCUT2D eigenvalue weighted by Crippen LogP contribution is 2.29. The molecule has 1 fully saturated rings. The summed E-state index contributed by atoms with van der Waals surface area (Å²) < 4.78 is 5.14. The number of carbonyl (C=O) groups is 3. The van der Waals surface area contributed by atoms with E-state index in [4.69, 9.17) is 4.74 Å². The van der Waals surface area contributed by atoms with Gasteiger partial charge in [0.15, 0.2) is 0 Å². The molecular formula is C24H30N4O4. The number of hydrogen-bond donors (Lipinski definition) is 2. The predicted molar refractivity (Wildman–Crippen MR) is 123 cm³/mol. The molecule has 0 aliphatic carbocycles. The molecule has 0 saturated carbocycles. The lowest BCUT2D eigenvalue weighted by atomic mass is 9.92. The number of para-hydroxylation sites is 1. The fourth-order valence-electron chi connectivity index (χ4n) is 3.77. The molecule has 2 N–H and O–H groups in total. The van der Waals surface area contributed by atoms with Gasteiger partial charge in [-0.3, -0.25) is 14.5 Å². The summed E-state index contributed by atoms with van der Waals surface area (Å²) >= 11 is 0. The van der Waals surface area contributed by atoms with Crippen LogP contribution in [0.15, 0.2) is 54.6 Å². The van der Waals surface area contributed by atoms with Gasteiger partial charge in [0.1, 0.15) is 17.8 Å². The Bertz CT molecular complexity index is 948. The first kappa shape index (κ1) is 23.1. The van der Waals surface area contributed by atoms with Crippen LogP contribution in [0, 0.1) is 0 Å². The summed E-state index contributed by atoms with van der Waals surface area (Å²) in [5.74, 6) is -0.168. The van der Waals surface area contributed by atoms with E-state index in [1.807, 2.05) is 18.2 Å². The molecule has 4 amide bonds. The Morgan fingerprint density at radius 1 is 1.12 bits per heavy atom. The van der Waals surface area contributed by atoms with Crippen molar-refractivity contribution < 1.29 is 19.1 Å². The molecule has 32 heavy (non-hydrogen) atoms. The minimum absolute atomic E-state index is 0.313.